The molecule has 1 N–H and O–H groups in total. The summed E-state index contributed by atoms with van der Waals surface area (Å²) in [4.78, 5) is 17.8. The van der Waals surface area contributed by atoms with Crippen molar-refractivity contribution < 1.29 is 22.3 Å². The van der Waals surface area contributed by atoms with Gasteiger partial charge < -0.3 is 10.1 Å². The number of hydrogen-bond donors (Lipinski definition) is 1. The molecule has 0 saturated carbocycles. The van der Waals surface area contributed by atoms with Crippen LogP contribution in [0.15, 0.2) is 53.4 Å². The van der Waals surface area contributed by atoms with Crippen LogP contribution in [-0.4, -0.2) is 53.6 Å². The number of hydrogen-bond acceptors (Lipinski definition) is 7. The Bertz CT molecular complexity index is 1520. The van der Waals surface area contributed by atoms with E-state index in [1.807, 2.05) is 25.1 Å². The molecular weight excluding hydrogens is 505 g/mol. The number of anilines is 1. The van der Waals surface area contributed by atoms with Gasteiger partial charge in [-0.2, -0.15) is 14.1 Å². The number of aromatic nitrogens is 3. The van der Waals surface area contributed by atoms with Gasteiger partial charge in [0.2, 0.25) is 21.1 Å². The molecule has 1 aliphatic heterocycles. The third-order valence-electron chi connectivity index (χ3n) is 6.12. The number of piperidine rings is 1. The number of halogens is 1. The molecule has 1 amide bonds. The molecule has 3 heterocycles. The molecule has 0 bridgehead atoms. The van der Waals surface area contributed by atoms with Crippen LogP contribution < -0.4 is 10.1 Å². The van der Waals surface area contributed by atoms with E-state index in [4.69, 9.17) is 4.74 Å². The van der Waals surface area contributed by atoms with Crippen LogP contribution in [0, 0.1) is 18.7 Å². The van der Waals surface area contributed by atoms with E-state index in [0.29, 0.717) is 23.8 Å². The largest absolute Gasteiger partial charge is 0.497 e. The summed E-state index contributed by atoms with van der Waals surface area (Å²) >= 11 is 1.43. The number of aryl methyl sites for hydroxylation is 1. The van der Waals surface area contributed by atoms with Crippen molar-refractivity contribution in [2.45, 2.75) is 24.7 Å². The molecule has 2 aromatic heterocycles. The number of nitrogens with zero attached hydrogens (tertiary/aromatic N) is 4. The van der Waals surface area contributed by atoms with Gasteiger partial charge >= 0.3 is 0 Å². The lowest BCUT2D eigenvalue weighted by molar-refractivity contribution is -0.120. The monoisotopic (exact) mass is 529 g/mol. The molecular formula is C24H24FN5O4S2. The molecule has 0 spiro atoms. The van der Waals surface area contributed by atoms with E-state index in [2.05, 4.69) is 15.4 Å². The van der Waals surface area contributed by atoms with Crippen LogP contribution in [0.4, 0.5) is 10.2 Å². The van der Waals surface area contributed by atoms with E-state index >= 15 is 0 Å². The Morgan fingerprint density at radius 3 is 2.56 bits per heavy atom. The Hall–Kier alpha value is -3.35. The van der Waals surface area contributed by atoms with Crippen LogP contribution in [0.2, 0.25) is 0 Å². The van der Waals surface area contributed by atoms with Crippen molar-refractivity contribution >= 4 is 43.3 Å². The van der Waals surface area contributed by atoms with E-state index in [0.717, 1.165) is 33.8 Å². The highest BCUT2D eigenvalue weighted by atomic mass is 32.2. The molecule has 1 fully saturated rings. The standard InChI is InChI=1S/C24H24FN5O4S2/c1-15-13-22(30(28-15)24-26-20-8-5-18(34-2)14-21(20)35-24)27-23(31)16-9-11-29(12-10-16)36(32,33)19-6-3-17(25)4-7-19/h3-8,13-14,16H,9-12H2,1-2H3,(H,27,31). The van der Waals surface area contributed by atoms with Crippen molar-refractivity contribution in [3.05, 3.63) is 60.0 Å². The smallest absolute Gasteiger partial charge is 0.243 e. The fraction of sp³-hybridized carbons (Fsp3) is 0.292. The Morgan fingerprint density at radius 1 is 1.14 bits per heavy atom. The van der Waals surface area contributed by atoms with Crippen LogP contribution in [0.5, 0.6) is 5.75 Å². The molecule has 4 aromatic rings. The summed E-state index contributed by atoms with van der Waals surface area (Å²) in [6, 6.07) is 12.1. The average Bonchev–Trinajstić information content (AvgIpc) is 3.46. The van der Waals surface area contributed by atoms with Crippen LogP contribution in [0.1, 0.15) is 18.5 Å². The molecule has 2 aromatic carbocycles. The van der Waals surface area contributed by atoms with Gasteiger partial charge in [-0.1, -0.05) is 11.3 Å². The summed E-state index contributed by atoms with van der Waals surface area (Å²) in [5.41, 5.74) is 1.53. The highest BCUT2D eigenvalue weighted by molar-refractivity contribution is 7.89. The second-order valence-corrected chi connectivity index (χ2v) is 11.5. The summed E-state index contributed by atoms with van der Waals surface area (Å²) in [7, 11) is -2.13. The molecule has 0 unspecified atom stereocenters. The lowest BCUT2D eigenvalue weighted by Gasteiger charge is -2.30. The summed E-state index contributed by atoms with van der Waals surface area (Å²) in [6.07, 6.45) is 0.751. The fourth-order valence-electron chi connectivity index (χ4n) is 4.19. The summed E-state index contributed by atoms with van der Waals surface area (Å²) in [5.74, 6) is 0.190. The fourth-order valence-corrected chi connectivity index (χ4v) is 6.62. The van der Waals surface area contributed by atoms with Gasteiger partial charge in [-0.15, -0.1) is 0 Å². The lowest BCUT2D eigenvalue weighted by atomic mass is 9.97. The summed E-state index contributed by atoms with van der Waals surface area (Å²) in [5, 5.41) is 8.07. The minimum atomic E-state index is -3.74. The average molecular weight is 530 g/mol. The molecule has 0 atom stereocenters. The van der Waals surface area contributed by atoms with Gasteiger partial charge in [0, 0.05) is 25.1 Å². The number of carbonyl (C=O) groups is 1. The number of nitrogens with one attached hydrogen (secondary N) is 1. The zero-order valence-corrected chi connectivity index (χ0v) is 21.3. The number of sulfonamides is 1. The molecule has 9 nitrogen and oxygen atoms in total. The molecule has 0 aliphatic carbocycles. The second-order valence-electron chi connectivity index (χ2n) is 8.53. The Morgan fingerprint density at radius 2 is 1.86 bits per heavy atom. The van der Waals surface area contributed by atoms with Crippen molar-refractivity contribution in [2.24, 2.45) is 5.92 Å². The third-order valence-corrected chi connectivity index (χ3v) is 9.03. The predicted octanol–water partition coefficient (Wildman–Crippen LogP) is 3.98. The number of amides is 1. The van der Waals surface area contributed by atoms with Gasteiger partial charge in [-0.05, 0) is 62.2 Å². The zero-order valence-electron chi connectivity index (χ0n) is 19.6. The van der Waals surface area contributed by atoms with Crippen molar-refractivity contribution in [1.29, 1.82) is 0 Å². The predicted molar refractivity (Wildman–Crippen MR) is 135 cm³/mol. The van der Waals surface area contributed by atoms with Crippen molar-refractivity contribution in [3.63, 3.8) is 0 Å². The first kappa shape index (κ1) is 24.3. The van der Waals surface area contributed by atoms with Crippen LogP contribution in [0.25, 0.3) is 15.3 Å². The first-order valence-corrected chi connectivity index (χ1v) is 13.6. The summed E-state index contributed by atoms with van der Waals surface area (Å²) < 4.78 is 48.1. The first-order valence-electron chi connectivity index (χ1n) is 11.3. The van der Waals surface area contributed by atoms with E-state index in [-0.39, 0.29) is 29.8 Å². The minimum absolute atomic E-state index is 0.0413. The maximum Gasteiger partial charge on any atom is 0.243 e. The van der Waals surface area contributed by atoms with Crippen molar-refractivity contribution in [2.75, 3.05) is 25.5 Å². The molecule has 1 saturated heterocycles. The highest BCUT2D eigenvalue weighted by Crippen LogP contribution is 2.31. The summed E-state index contributed by atoms with van der Waals surface area (Å²) in [6.45, 7) is 2.24. The van der Waals surface area contributed by atoms with Gasteiger partial charge in [-0.3, -0.25) is 4.79 Å². The topological polar surface area (TPSA) is 106 Å². The minimum Gasteiger partial charge on any atom is -0.497 e. The Labute approximate surface area is 211 Å². The van der Waals surface area contributed by atoms with Crippen LogP contribution in [-0.2, 0) is 14.8 Å². The zero-order chi connectivity index (χ0) is 25.4. The van der Waals surface area contributed by atoms with Crippen molar-refractivity contribution in [3.8, 4) is 10.9 Å². The number of benzene rings is 2. The van der Waals surface area contributed by atoms with E-state index < -0.39 is 15.8 Å². The maximum absolute atomic E-state index is 13.2. The molecule has 1 aliphatic rings. The highest BCUT2D eigenvalue weighted by Gasteiger charge is 2.32. The number of methoxy groups -OCH3 is 1. The van der Waals surface area contributed by atoms with Gasteiger partial charge in [0.1, 0.15) is 17.4 Å². The quantitative estimate of drug-likeness (QED) is 0.405. The number of fused-ring (bicyclic) bond motifs is 1. The number of rotatable bonds is 6. The van der Waals surface area contributed by atoms with E-state index in [9.17, 15) is 17.6 Å². The lowest BCUT2D eigenvalue weighted by Crippen LogP contribution is -2.41. The van der Waals surface area contributed by atoms with E-state index in [1.54, 1.807) is 17.9 Å². The Balaban J connectivity index is 1.28. The molecule has 0 radical (unpaired) electrons. The SMILES string of the molecule is COc1ccc2nc(-n3nc(C)cc3NC(=O)C3CCN(S(=O)(=O)c4ccc(F)cc4)CC3)sc2c1. The van der Waals surface area contributed by atoms with Gasteiger partial charge in [0.15, 0.2) is 0 Å². The second kappa shape index (κ2) is 9.60. The van der Waals surface area contributed by atoms with Crippen molar-refractivity contribution in [1.82, 2.24) is 19.1 Å². The normalized spacial score (nSPS) is 15.3. The maximum atomic E-state index is 13.2. The number of carbonyl (C=O) groups excluding carboxylic acids is 1. The van der Waals surface area contributed by atoms with Gasteiger partial charge in [0.25, 0.3) is 0 Å². The van der Waals surface area contributed by atoms with E-state index in [1.165, 1.54) is 27.8 Å². The Kier molecular flexibility index (Phi) is 6.49. The van der Waals surface area contributed by atoms with Gasteiger partial charge in [0.05, 0.1) is 27.9 Å². The molecule has 36 heavy (non-hydrogen) atoms. The molecule has 5 rings (SSSR count). The van der Waals surface area contributed by atoms with Crippen LogP contribution >= 0.6 is 11.3 Å². The number of thiazole rings is 1. The molecule has 188 valence electrons. The third kappa shape index (κ3) is 4.71. The molecule has 12 heteroatoms. The number of ether oxygens (including phenoxy) is 1. The van der Waals surface area contributed by atoms with Crippen LogP contribution in [0.3, 0.4) is 0 Å². The first-order chi connectivity index (χ1) is 17.2. The van der Waals surface area contributed by atoms with Gasteiger partial charge in [-0.25, -0.2) is 17.8 Å².